The Labute approximate surface area is 192 Å². The van der Waals surface area contributed by atoms with Crippen molar-refractivity contribution in [3.63, 3.8) is 0 Å². The van der Waals surface area contributed by atoms with E-state index in [9.17, 15) is 15.0 Å². The summed E-state index contributed by atoms with van der Waals surface area (Å²) in [6, 6.07) is 0. The zero-order valence-electron chi connectivity index (χ0n) is 20.3. The highest BCUT2D eigenvalue weighted by atomic mass is 16.7. The first-order valence-electron chi connectivity index (χ1n) is 13.3. The third-order valence-electron chi connectivity index (χ3n) is 11.8. The van der Waals surface area contributed by atoms with E-state index >= 15 is 0 Å². The lowest BCUT2D eigenvalue weighted by molar-refractivity contribution is -0.272. The number of carbonyl (C=O) groups excluding carboxylic acids is 1. The largest absolute Gasteiger partial charge is 0.390 e. The van der Waals surface area contributed by atoms with Crippen molar-refractivity contribution in [3.8, 4) is 0 Å². The maximum atomic E-state index is 14.0. The first-order valence-corrected chi connectivity index (χ1v) is 13.3. The van der Waals surface area contributed by atoms with Gasteiger partial charge in [0.1, 0.15) is 5.78 Å². The lowest BCUT2D eigenvalue weighted by Gasteiger charge is -2.61. The molecular formula is C27H42O5. The summed E-state index contributed by atoms with van der Waals surface area (Å²) in [7, 11) is 0. The summed E-state index contributed by atoms with van der Waals surface area (Å²) in [6.45, 7) is 9.86. The van der Waals surface area contributed by atoms with Crippen LogP contribution in [0.25, 0.3) is 0 Å². The van der Waals surface area contributed by atoms with E-state index in [2.05, 4.69) is 27.7 Å². The molecule has 2 heterocycles. The molecule has 4 aliphatic carbocycles. The first kappa shape index (κ1) is 22.0. The van der Waals surface area contributed by atoms with E-state index < -0.39 is 18.0 Å². The molecule has 32 heavy (non-hydrogen) atoms. The van der Waals surface area contributed by atoms with Gasteiger partial charge in [-0.25, -0.2) is 0 Å². The van der Waals surface area contributed by atoms with Crippen molar-refractivity contribution < 1.29 is 24.5 Å². The molecule has 4 saturated carbocycles. The van der Waals surface area contributed by atoms with Gasteiger partial charge in [0.25, 0.3) is 0 Å². The van der Waals surface area contributed by atoms with Crippen molar-refractivity contribution in [2.24, 2.45) is 52.3 Å². The second-order valence-electron chi connectivity index (χ2n) is 13.1. The van der Waals surface area contributed by atoms with Gasteiger partial charge in [-0.2, -0.15) is 0 Å². The van der Waals surface area contributed by atoms with Crippen LogP contribution in [-0.2, 0) is 14.3 Å². The zero-order chi connectivity index (χ0) is 22.6. The molecule has 2 saturated heterocycles. The van der Waals surface area contributed by atoms with Crippen molar-refractivity contribution in [1.82, 2.24) is 0 Å². The van der Waals surface area contributed by atoms with Gasteiger partial charge in [-0.15, -0.1) is 0 Å². The van der Waals surface area contributed by atoms with Crippen LogP contribution in [0.1, 0.15) is 79.1 Å². The van der Waals surface area contributed by atoms with E-state index in [1.165, 1.54) is 0 Å². The highest BCUT2D eigenvalue weighted by Gasteiger charge is 2.71. The van der Waals surface area contributed by atoms with Crippen LogP contribution < -0.4 is 0 Å². The monoisotopic (exact) mass is 446 g/mol. The fraction of sp³-hybridized carbons (Fsp3) is 0.963. The average molecular weight is 447 g/mol. The van der Waals surface area contributed by atoms with Gasteiger partial charge in [0.15, 0.2) is 5.79 Å². The Morgan fingerprint density at radius 1 is 1.00 bits per heavy atom. The topological polar surface area (TPSA) is 76.0 Å². The van der Waals surface area contributed by atoms with Crippen LogP contribution in [0.5, 0.6) is 0 Å². The lowest BCUT2D eigenvalue weighted by Crippen LogP contribution is -2.59. The Hall–Kier alpha value is -0.490. The van der Waals surface area contributed by atoms with Crippen molar-refractivity contribution in [1.29, 1.82) is 0 Å². The first-order chi connectivity index (χ1) is 15.1. The Kier molecular flexibility index (Phi) is 4.83. The van der Waals surface area contributed by atoms with Gasteiger partial charge in [0, 0.05) is 30.1 Å². The van der Waals surface area contributed by atoms with Crippen LogP contribution in [0.15, 0.2) is 0 Å². The lowest BCUT2D eigenvalue weighted by atomic mass is 9.43. The highest BCUT2D eigenvalue weighted by Crippen LogP contribution is 2.70. The summed E-state index contributed by atoms with van der Waals surface area (Å²) < 4.78 is 13.2. The quantitative estimate of drug-likeness (QED) is 0.589. The second kappa shape index (κ2) is 7.02. The summed E-state index contributed by atoms with van der Waals surface area (Å²) >= 11 is 0. The van der Waals surface area contributed by atoms with Crippen molar-refractivity contribution in [2.45, 2.75) is 103 Å². The molecule has 6 aliphatic rings. The molecular weight excluding hydrogens is 404 g/mol. The molecule has 5 nitrogen and oxygen atoms in total. The smallest absolute Gasteiger partial charge is 0.171 e. The fourth-order valence-electron chi connectivity index (χ4n) is 9.97. The van der Waals surface area contributed by atoms with Gasteiger partial charge in [-0.05, 0) is 73.5 Å². The molecule has 6 fully saturated rings. The number of ether oxygens (including phenoxy) is 2. The average Bonchev–Trinajstić information content (AvgIpc) is 3.19. The van der Waals surface area contributed by atoms with Crippen LogP contribution in [0.4, 0.5) is 0 Å². The van der Waals surface area contributed by atoms with Gasteiger partial charge in [-0.1, -0.05) is 27.7 Å². The number of fused-ring (bicyclic) bond motifs is 7. The number of ketones is 1. The normalized spacial score (nSPS) is 61.8. The van der Waals surface area contributed by atoms with E-state index in [1.54, 1.807) is 0 Å². The Morgan fingerprint density at radius 2 is 1.78 bits per heavy atom. The summed E-state index contributed by atoms with van der Waals surface area (Å²) in [4.78, 5) is 14.0. The molecule has 13 atom stereocenters. The van der Waals surface area contributed by atoms with Crippen molar-refractivity contribution in [2.75, 3.05) is 6.61 Å². The zero-order valence-corrected chi connectivity index (χ0v) is 20.3. The van der Waals surface area contributed by atoms with Gasteiger partial charge in [-0.3, -0.25) is 4.79 Å². The summed E-state index contributed by atoms with van der Waals surface area (Å²) in [5.74, 6) is 2.64. The maximum absolute atomic E-state index is 14.0. The SMILES string of the molecule is C[C@@H]1CC[C@@]2(OC1)O[C@H]1C[C@H]3[C@@H]4CC[C@@H]5C[C@@H](O)[C@H](O)C[C@]5(C)[C@H]4CC(=O)[C@]3(C)[C@H]1[C@@H]2C. The number of rotatable bonds is 0. The number of hydrogen-bond acceptors (Lipinski definition) is 5. The van der Waals surface area contributed by atoms with E-state index in [0.717, 1.165) is 38.7 Å². The van der Waals surface area contributed by atoms with Crippen LogP contribution in [0.3, 0.4) is 0 Å². The van der Waals surface area contributed by atoms with Gasteiger partial charge < -0.3 is 19.7 Å². The Balaban J connectivity index is 1.30. The minimum atomic E-state index is -0.657. The number of aliphatic hydroxyl groups is 2. The molecule has 2 N–H and O–H groups in total. The highest BCUT2D eigenvalue weighted by molar-refractivity contribution is 5.87. The van der Waals surface area contributed by atoms with Crippen molar-refractivity contribution in [3.05, 3.63) is 0 Å². The van der Waals surface area contributed by atoms with Crippen LogP contribution in [0.2, 0.25) is 0 Å². The molecule has 6 rings (SSSR count). The molecule has 0 aromatic heterocycles. The van der Waals surface area contributed by atoms with Crippen LogP contribution in [-0.4, -0.2) is 46.7 Å². The molecule has 5 heteroatoms. The van der Waals surface area contributed by atoms with E-state index in [0.29, 0.717) is 54.6 Å². The van der Waals surface area contributed by atoms with E-state index in [-0.39, 0.29) is 28.8 Å². The van der Waals surface area contributed by atoms with Crippen LogP contribution >= 0.6 is 0 Å². The van der Waals surface area contributed by atoms with E-state index in [1.807, 2.05) is 0 Å². The van der Waals surface area contributed by atoms with Crippen molar-refractivity contribution >= 4 is 5.78 Å². The maximum Gasteiger partial charge on any atom is 0.171 e. The molecule has 0 radical (unpaired) electrons. The summed E-state index contributed by atoms with van der Waals surface area (Å²) in [5, 5.41) is 20.8. The predicted molar refractivity (Wildman–Crippen MR) is 120 cm³/mol. The van der Waals surface area contributed by atoms with Gasteiger partial charge >= 0.3 is 0 Å². The molecule has 0 bridgehead atoms. The van der Waals surface area contributed by atoms with Gasteiger partial charge in [0.2, 0.25) is 0 Å². The predicted octanol–water partition coefficient (Wildman–Crippen LogP) is 3.94. The third-order valence-corrected chi connectivity index (χ3v) is 11.8. The standard InChI is InChI=1S/C27H42O5/c1-14-7-8-27(31-13-14)15(2)24-22(32-27)10-19-17-6-5-16-9-20(28)21(29)12-25(16,3)18(17)11-23(30)26(19,24)4/h14-22,24,28-29H,5-13H2,1-4H3/t14-,15+,16-,17-,18+,19+,20-,21-,22+,24+,25+,26-,27-/m1/s1. The molecule has 180 valence electrons. The molecule has 1 spiro atoms. The third kappa shape index (κ3) is 2.69. The number of hydrogen-bond donors (Lipinski definition) is 2. The fourth-order valence-corrected chi connectivity index (χ4v) is 9.97. The molecule has 2 aliphatic heterocycles. The minimum absolute atomic E-state index is 0.0490. The molecule has 0 aromatic rings. The Morgan fingerprint density at radius 3 is 2.50 bits per heavy atom. The summed E-state index contributed by atoms with van der Waals surface area (Å²) in [5.41, 5.74) is -0.371. The number of carbonyl (C=O) groups is 1. The molecule has 0 aromatic carbocycles. The second-order valence-corrected chi connectivity index (χ2v) is 13.1. The van der Waals surface area contributed by atoms with Gasteiger partial charge in [0.05, 0.1) is 24.9 Å². The molecule has 0 amide bonds. The number of Topliss-reactive ketones (excluding diaryl/α,β-unsaturated/α-hetero) is 1. The number of aliphatic hydroxyl groups excluding tert-OH is 2. The Bertz CT molecular complexity index is 789. The van der Waals surface area contributed by atoms with E-state index in [4.69, 9.17) is 9.47 Å². The minimum Gasteiger partial charge on any atom is -0.390 e. The summed E-state index contributed by atoms with van der Waals surface area (Å²) in [6.07, 6.45) is 6.12. The molecule has 0 unspecified atom stereocenters. The van der Waals surface area contributed by atoms with Crippen LogP contribution in [0, 0.1) is 52.3 Å².